The maximum Gasteiger partial charge on any atom is 0.227 e. The van der Waals surface area contributed by atoms with E-state index >= 15 is 0 Å². The van der Waals surface area contributed by atoms with E-state index in [2.05, 4.69) is 10.6 Å². The molecule has 2 aromatic carbocycles. The first-order chi connectivity index (χ1) is 11.5. The molecule has 0 bridgehead atoms. The number of amides is 2. The van der Waals surface area contributed by atoms with Crippen molar-refractivity contribution in [2.75, 3.05) is 10.6 Å². The van der Waals surface area contributed by atoms with Crippen LogP contribution < -0.4 is 10.6 Å². The van der Waals surface area contributed by atoms with Crippen molar-refractivity contribution in [3.8, 4) is 0 Å². The normalized spacial score (nSPS) is 16.2. The van der Waals surface area contributed by atoms with Crippen molar-refractivity contribution in [1.29, 1.82) is 0 Å². The molecule has 1 atom stereocenters. The Morgan fingerprint density at radius 3 is 2.88 bits per heavy atom. The summed E-state index contributed by atoms with van der Waals surface area (Å²) in [6, 6.07) is 11.4. The van der Waals surface area contributed by atoms with Crippen LogP contribution in [0.3, 0.4) is 0 Å². The Kier molecular flexibility index (Phi) is 4.81. The average Bonchev–Trinajstić information content (AvgIpc) is 2.55. The van der Waals surface area contributed by atoms with Crippen LogP contribution >= 0.6 is 11.6 Å². The summed E-state index contributed by atoms with van der Waals surface area (Å²) in [5.74, 6) is -1.03. The first-order valence-corrected chi connectivity index (χ1v) is 8.04. The molecule has 0 saturated heterocycles. The Labute approximate surface area is 144 Å². The van der Waals surface area contributed by atoms with E-state index in [4.69, 9.17) is 11.6 Å². The van der Waals surface area contributed by atoms with E-state index in [0.717, 1.165) is 17.3 Å². The molecule has 2 amide bonds. The Hall–Kier alpha value is -2.40. The van der Waals surface area contributed by atoms with E-state index in [1.165, 1.54) is 12.1 Å². The molecule has 2 aromatic rings. The molecular weight excluding hydrogens is 331 g/mol. The van der Waals surface area contributed by atoms with Crippen molar-refractivity contribution in [3.63, 3.8) is 0 Å². The van der Waals surface area contributed by atoms with Crippen molar-refractivity contribution in [2.45, 2.75) is 19.3 Å². The number of rotatable bonds is 4. The van der Waals surface area contributed by atoms with Crippen molar-refractivity contribution in [2.24, 2.45) is 5.92 Å². The Bertz CT molecular complexity index is 794. The average molecular weight is 347 g/mol. The summed E-state index contributed by atoms with van der Waals surface area (Å²) >= 11 is 5.88. The van der Waals surface area contributed by atoms with Crippen molar-refractivity contribution in [3.05, 3.63) is 58.9 Å². The molecule has 0 radical (unpaired) electrons. The van der Waals surface area contributed by atoms with Gasteiger partial charge in [-0.15, -0.1) is 0 Å². The molecule has 1 unspecified atom stereocenters. The highest BCUT2D eigenvalue weighted by atomic mass is 35.5. The van der Waals surface area contributed by atoms with Crippen molar-refractivity contribution in [1.82, 2.24) is 0 Å². The number of para-hydroxylation sites is 1. The lowest BCUT2D eigenvalue weighted by Gasteiger charge is -2.24. The second-order valence-corrected chi connectivity index (χ2v) is 6.17. The van der Waals surface area contributed by atoms with Gasteiger partial charge in [-0.2, -0.15) is 0 Å². The van der Waals surface area contributed by atoms with Gasteiger partial charge in [0.1, 0.15) is 5.82 Å². The molecule has 6 heteroatoms. The van der Waals surface area contributed by atoms with Crippen LogP contribution in [0.5, 0.6) is 0 Å². The lowest BCUT2D eigenvalue weighted by atomic mass is 9.89. The van der Waals surface area contributed by atoms with E-state index in [1.807, 2.05) is 24.3 Å². The molecule has 1 aliphatic heterocycles. The highest BCUT2D eigenvalue weighted by Crippen LogP contribution is 2.28. The van der Waals surface area contributed by atoms with Gasteiger partial charge in [-0.1, -0.05) is 29.8 Å². The summed E-state index contributed by atoms with van der Waals surface area (Å²) in [7, 11) is 0. The number of anilines is 2. The van der Waals surface area contributed by atoms with Crippen molar-refractivity contribution >= 4 is 34.8 Å². The fourth-order valence-electron chi connectivity index (χ4n) is 2.76. The van der Waals surface area contributed by atoms with Gasteiger partial charge in [0.15, 0.2) is 0 Å². The van der Waals surface area contributed by atoms with Crippen LogP contribution in [0.2, 0.25) is 5.02 Å². The van der Waals surface area contributed by atoms with Gasteiger partial charge in [0, 0.05) is 18.0 Å². The van der Waals surface area contributed by atoms with Crippen LogP contribution in [0.15, 0.2) is 42.5 Å². The monoisotopic (exact) mass is 346 g/mol. The van der Waals surface area contributed by atoms with Crippen LogP contribution in [-0.2, 0) is 16.0 Å². The second kappa shape index (κ2) is 7.01. The number of hydrogen-bond donors (Lipinski definition) is 2. The van der Waals surface area contributed by atoms with Gasteiger partial charge in [-0.25, -0.2) is 4.39 Å². The summed E-state index contributed by atoms with van der Waals surface area (Å²) in [5.41, 5.74) is 2.27. The Morgan fingerprint density at radius 2 is 2.08 bits per heavy atom. The molecule has 4 nitrogen and oxygen atoms in total. The zero-order valence-electron chi connectivity index (χ0n) is 12.8. The van der Waals surface area contributed by atoms with Gasteiger partial charge in [0.25, 0.3) is 0 Å². The van der Waals surface area contributed by atoms with E-state index in [9.17, 15) is 14.0 Å². The molecule has 1 heterocycles. The number of carbonyl (C=O) groups excluding carboxylic acids is 2. The third-order valence-electron chi connectivity index (χ3n) is 4.04. The van der Waals surface area contributed by atoms with E-state index in [1.54, 1.807) is 0 Å². The molecular formula is C18H16ClFN2O2. The van der Waals surface area contributed by atoms with Crippen LogP contribution in [-0.4, -0.2) is 11.8 Å². The third-order valence-corrected chi connectivity index (χ3v) is 4.35. The van der Waals surface area contributed by atoms with Gasteiger partial charge in [0.05, 0.1) is 10.7 Å². The summed E-state index contributed by atoms with van der Waals surface area (Å²) < 4.78 is 13.0. The number of fused-ring (bicyclic) bond motifs is 1. The minimum absolute atomic E-state index is 0.0682. The molecule has 24 heavy (non-hydrogen) atoms. The maximum atomic E-state index is 13.0. The molecule has 0 aromatic heterocycles. The minimum atomic E-state index is -0.462. The van der Waals surface area contributed by atoms with Gasteiger partial charge in [-0.05, 0) is 42.7 Å². The lowest BCUT2D eigenvalue weighted by molar-refractivity contribution is -0.121. The SMILES string of the molecule is O=C(CCC1Cc2ccccc2NC1=O)Nc1ccc(F)cc1Cl. The van der Waals surface area contributed by atoms with Crippen LogP contribution in [0, 0.1) is 11.7 Å². The largest absolute Gasteiger partial charge is 0.326 e. The highest BCUT2D eigenvalue weighted by Gasteiger charge is 2.26. The quantitative estimate of drug-likeness (QED) is 0.878. The number of halogens is 2. The van der Waals surface area contributed by atoms with Gasteiger partial charge in [0.2, 0.25) is 11.8 Å². The zero-order valence-corrected chi connectivity index (χ0v) is 13.6. The van der Waals surface area contributed by atoms with Crippen molar-refractivity contribution < 1.29 is 14.0 Å². The predicted octanol–water partition coefficient (Wildman–Crippen LogP) is 4.01. The van der Waals surface area contributed by atoms with Crippen LogP contribution in [0.1, 0.15) is 18.4 Å². The van der Waals surface area contributed by atoms with Gasteiger partial charge in [-0.3, -0.25) is 9.59 Å². The molecule has 0 saturated carbocycles. The first-order valence-electron chi connectivity index (χ1n) is 7.66. The Balaban J connectivity index is 1.57. The molecule has 3 rings (SSSR count). The summed E-state index contributed by atoms with van der Waals surface area (Å²) in [6.45, 7) is 0. The zero-order chi connectivity index (χ0) is 17.1. The van der Waals surface area contributed by atoms with E-state index in [0.29, 0.717) is 18.5 Å². The predicted molar refractivity (Wildman–Crippen MR) is 91.5 cm³/mol. The molecule has 0 spiro atoms. The first kappa shape index (κ1) is 16.5. The van der Waals surface area contributed by atoms with E-state index in [-0.39, 0.29) is 29.2 Å². The molecule has 124 valence electrons. The summed E-state index contributed by atoms with van der Waals surface area (Å²) in [5, 5.41) is 5.65. The van der Waals surface area contributed by atoms with Crippen LogP contribution in [0.25, 0.3) is 0 Å². The van der Waals surface area contributed by atoms with Gasteiger partial charge < -0.3 is 10.6 Å². The Morgan fingerprint density at radius 1 is 1.29 bits per heavy atom. The fourth-order valence-corrected chi connectivity index (χ4v) is 2.97. The molecule has 0 aliphatic carbocycles. The van der Waals surface area contributed by atoms with Gasteiger partial charge >= 0.3 is 0 Å². The highest BCUT2D eigenvalue weighted by molar-refractivity contribution is 6.33. The number of carbonyl (C=O) groups is 2. The molecule has 0 fully saturated rings. The minimum Gasteiger partial charge on any atom is -0.326 e. The number of nitrogens with one attached hydrogen (secondary N) is 2. The smallest absolute Gasteiger partial charge is 0.227 e. The number of hydrogen-bond acceptors (Lipinski definition) is 2. The lowest BCUT2D eigenvalue weighted by Crippen LogP contribution is -2.30. The van der Waals surface area contributed by atoms with E-state index < -0.39 is 5.82 Å². The maximum absolute atomic E-state index is 13.0. The standard InChI is InChI=1S/C18H16ClFN2O2/c19-14-10-13(20)6-7-16(14)21-17(23)8-5-12-9-11-3-1-2-4-15(11)22-18(12)24/h1-4,6-7,10,12H,5,8-9H2,(H,21,23)(H,22,24). The second-order valence-electron chi connectivity index (χ2n) is 5.76. The molecule has 2 N–H and O–H groups in total. The fraction of sp³-hybridized carbons (Fsp3) is 0.222. The van der Waals surface area contributed by atoms with Crippen LogP contribution in [0.4, 0.5) is 15.8 Å². The number of benzene rings is 2. The topological polar surface area (TPSA) is 58.2 Å². The molecule has 1 aliphatic rings. The summed E-state index contributed by atoms with van der Waals surface area (Å²) in [4.78, 5) is 24.2. The third kappa shape index (κ3) is 3.74. The summed E-state index contributed by atoms with van der Waals surface area (Å²) in [6.07, 6.45) is 1.24.